The van der Waals surface area contributed by atoms with Gasteiger partial charge in [-0.15, -0.1) is 0 Å². The predicted molar refractivity (Wildman–Crippen MR) is 119 cm³/mol. The zero-order chi connectivity index (χ0) is 20.8. The lowest BCUT2D eigenvalue weighted by Crippen LogP contribution is -2.38. The van der Waals surface area contributed by atoms with Gasteiger partial charge in [-0.05, 0) is 68.1 Å². The molecule has 7 nitrogen and oxygen atoms in total. The number of benzene rings is 1. The van der Waals surface area contributed by atoms with Crippen LogP contribution in [0.5, 0.6) is 0 Å². The number of carbonyl (C=O) groups excluding carboxylic acids is 2. The van der Waals surface area contributed by atoms with Crippen molar-refractivity contribution >= 4 is 34.9 Å². The second kappa shape index (κ2) is 9.86. The molecule has 0 spiro atoms. The molecule has 0 atom stereocenters. The molecule has 2 fully saturated rings. The minimum atomic E-state index is -0.379. The highest BCUT2D eigenvalue weighted by molar-refractivity contribution is 8.18. The van der Waals surface area contributed by atoms with Gasteiger partial charge in [-0.3, -0.25) is 14.9 Å². The van der Waals surface area contributed by atoms with Crippen molar-refractivity contribution in [1.29, 1.82) is 0 Å². The molecule has 0 bridgehead atoms. The van der Waals surface area contributed by atoms with Crippen LogP contribution in [-0.2, 0) is 11.2 Å². The summed E-state index contributed by atoms with van der Waals surface area (Å²) in [6, 6.07) is 13.2. The van der Waals surface area contributed by atoms with Gasteiger partial charge >= 0.3 is 0 Å². The molecule has 8 heteroatoms. The number of amides is 2. The van der Waals surface area contributed by atoms with Gasteiger partial charge in [-0.2, -0.15) is 0 Å². The molecule has 1 aromatic carbocycles. The average molecular weight is 424 g/mol. The van der Waals surface area contributed by atoms with Crippen molar-refractivity contribution in [2.24, 2.45) is 0 Å². The number of imide groups is 1. The first-order chi connectivity index (χ1) is 14.7. The summed E-state index contributed by atoms with van der Waals surface area (Å²) in [6.07, 6.45) is 8.69. The zero-order valence-electron chi connectivity index (χ0n) is 16.6. The largest absolute Gasteiger partial charge is 0.351 e. The summed E-state index contributed by atoms with van der Waals surface area (Å²) in [7, 11) is 0. The van der Waals surface area contributed by atoms with E-state index in [0.717, 1.165) is 50.4 Å². The molecule has 2 amide bonds. The van der Waals surface area contributed by atoms with E-state index in [1.54, 1.807) is 18.3 Å². The number of anilines is 1. The quantitative estimate of drug-likeness (QED) is 0.588. The third kappa shape index (κ3) is 5.67. The van der Waals surface area contributed by atoms with Crippen molar-refractivity contribution in [3.05, 3.63) is 58.8 Å². The zero-order valence-corrected chi connectivity index (χ0v) is 17.5. The van der Waals surface area contributed by atoms with Gasteiger partial charge in [-0.1, -0.05) is 30.3 Å². The predicted octanol–water partition coefficient (Wildman–Crippen LogP) is 3.36. The second-order valence-corrected chi connectivity index (χ2v) is 8.55. The highest BCUT2D eigenvalue weighted by Gasteiger charge is 2.25. The first-order valence-corrected chi connectivity index (χ1v) is 11.1. The Morgan fingerprint density at radius 2 is 1.83 bits per heavy atom. The molecular weight excluding hydrogens is 398 g/mol. The van der Waals surface area contributed by atoms with Crippen molar-refractivity contribution in [2.75, 3.05) is 11.9 Å². The van der Waals surface area contributed by atoms with Gasteiger partial charge in [0.05, 0.1) is 10.6 Å². The van der Waals surface area contributed by atoms with Gasteiger partial charge in [0, 0.05) is 18.3 Å². The number of thioether (sulfide) groups is 1. The van der Waals surface area contributed by atoms with Gasteiger partial charge < -0.3 is 10.6 Å². The standard InChI is InChI=1S/C22H25N5O2S/c28-20-19(30-22(29)27-20)14-18-11-13-24-21(26-18)25-17-8-6-16(7-9-17)23-12-10-15-4-2-1-3-5-15/h1-5,11,13-14,16-17,23H,6-10,12H2,(H,24,25,26)(H,27,28,29)/b19-14-/t16-,17-. The van der Waals surface area contributed by atoms with E-state index in [0.29, 0.717) is 28.6 Å². The molecule has 2 aromatic rings. The number of hydrogen-bond donors (Lipinski definition) is 3. The molecule has 1 saturated heterocycles. The van der Waals surface area contributed by atoms with E-state index in [9.17, 15) is 9.59 Å². The number of nitrogens with zero attached hydrogens (tertiary/aromatic N) is 2. The molecule has 1 aliphatic heterocycles. The Hall–Kier alpha value is -2.71. The van der Waals surface area contributed by atoms with Crippen molar-refractivity contribution in [3.63, 3.8) is 0 Å². The van der Waals surface area contributed by atoms with Crippen molar-refractivity contribution in [3.8, 4) is 0 Å². The minimum absolute atomic E-state index is 0.339. The normalized spacial score (nSPS) is 22.9. The summed E-state index contributed by atoms with van der Waals surface area (Å²) in [5.41, 5.74) is 1.97. The fourth-order valence-corrected chi connectivity index (χ4v) is 4.43. The molecule has 2 heterocycles. The second-order valence-electron chi connectivity index (χ2n) is 7.54. The lowest BCUT2D eigenvalue weighted by Gasteiger charge is -2.29. The fraction of sp³-hybridized carbons (Fsp3) is 0.364. The summed E-state index contributed by atoms with van der Waals surface area (Å²) in [4.78, 5) is 32.1. The van der Waals surface area contributed by atoms with Crippen LogP contribution in [0.2, 0.25) is 0 Å². The topological polar surface area (TPSA) is 96.0 Å². The van der Waals surface area contributed by atoms with Crippen LogP contribution in [0.3, 0.4) is 0 Å². The van der Waals surface area contributed by atoms with Crippen molar-refractivity contribution in [2.45, 2.75) is 44.2 Å². The number of carbonyl (C=O) groups is 2. The van der Waals surface area contributed by atoms with Gasteiger partial charge in [0.1, 0.15) is 0 Å². The van der Waals surface area contributed by atoms with Crippen LogP contribution in [0, 0.1) is 0 Å². The Labute approximate surface area is 180 Å². The lowest BCUT2D eigenvalue weighted by atomic mass is 9.91. The van der Waals surface area contributed by atoms with Crippen LogP contribution < -0.4 is 16.0 Å². The Morgan fingerprint density at radius 3 is 2.57 bits per heavy atom. The van der Waals surface area contributed by atoms with Crippen LogP contribution in [0.4, 0.5) is 10.7 Å². The number of aromatic nitrogens is 2. The van der Waals surface area contributed by atoms with Crippen molar-refractivity contribution in [1.82, 2.24) is 20.6 Å². The smallest absolute Gasteiger partial charge is 0.290 e. The van der Waals surface area contributed by atoms with Crippen LogP contribution in [0.25, 0.3) is 6.08 Å². The molecular formula is C22H25N5O2S. The molecule has 4 rings (SSSR count). The fourth-order valence-electron chi connectivity index (χ4n) is 3.77. The monoisotopic (exact) mass is 423 g/mol. The maximum absolute atomic E-state index is 11.7. The van der Waals surface area contributed by atoms with Gasteiger partial charge in [0.2, 0.25) is 5.95 Å². The van der Waals surface area contributed by atoms with E-state index in [2.05, 4.69) is 50.2 Å². The first kappa shape index (κ1) is 20.6. The van der Waals surface area contributed by atoms with E-state index >= 15 is 0 Å². The summed E-state index contributed by atoms with van der Waals surface area (Å²) in [6.45, 7) is 1.00. The molecule has 0 unspecified atom stereocenters. The highest BCUT2D eigenvalue weighted by Crippen LogP contribution is 2.25. The Balaban J connectivity index is 1.24. The Morgan fingerprint density at radius 1 is 1.07 bits per heavy atom. The van der Waals surface area contributed by atoms with E-state index in [-0.39, 0.29) is 11.1 Å². The number of hydrogen-bond acceptors (Lipinski definition) is 7. The Bertz CT molecular complexity index is 926. The van der Waals surface area contributed by atoms with E-state index in [1.165, 1.54) is 5.56 Å². The SMILES string of the molecule is O=C1NC(=O)/C(=C/c2ccnc(N[C@H]3CC[C@H](NCCc4ccccc4)CC3)n2)S1. The molecule has 1 aromatic heterocycles. The third-order valence-corrected chi connectivity index (χ3v) is 6.16. The molecule has 3 N–H and O–H groups in total. The van der Waals surface area contributed by atoms with Crippen LogP contribution in [0.1, 0.15) is 36.9 Å². The average Bonchev–Trinajstić information content (AvgIpc) is 3.07. The van der Waals surface area contributed by atoms with Crippen LogP contribution in [0.15, 0.2) is 47.5 Å². The van der Waals surface area contributed by atoms with E-state index in [1.807, 2.05) is 6.07 Å². The molecule has 156 valence electrons. The van der Waals surface area contributed by atoms with E-state index < -0.39 is 0 Å². The summed E-state index contributed by atoms with van der Waals surface area (Å²) < 4.78 is 0. The van der Waals surface area contributed by atoms with E-state index in [4.69, 9.17) is 0 Å². The summed E-state index contributed by atoms with van der Waals surface area (Å²) >= 11 is 0.889. The van der Waals surface area contributed by atoms with Gasteiger partial charge in [-0.25, -0.2) is 9.97 Å². The first-order valence-electron chi connectivity index (χ1n) is 10.3. The van der Waals surface area contributed by atoms with Gasteiger partial charge in [0.15, 0.2) is 0 Å². The molecule has 1 aliphatic carbocycles. The highest BCUT2D eigenvalue weighted by atomic mass is 32.2. The number of nitrogens with one attached hydrogen (secondary N) is 3. The maximum Gasteiger partial charge on any atom is 0.290 e. The minimum Gasteiger partial charge on any atom is -0.351 e. The Kier molecular flexibility index (Phi) is 6.76. The molecule has 2 aliphatic rings. The number of rotatable bonds is 7. The molecule has 30 heavy (non-hydrogen) atoms. The van der Waals surface area contributed by atoms with Gasteiger partial charge in [0.25, 0.3) is 11.1 Å². The van der Waals surface area contributed by atoms with Crippen molar-refractivity contribution < 1.29 is 9.59 Å². The van der Waals surface area contributed by atoms with Crippen LogP contribution in [-0.4, -0.2) is 39.7 Å². The van der Waals surface area contributed by atoms with Crippen LogP contribution >= 0.6 is 11.8 Å². The summed E-state index contributed by atoms with van der Waals surface area (Å²) in [5, 5.41) is 8.99. The molecule has 0 radical (unpaired) electrons. The third-order valence-electron chi connectivity index (χ3n) is 5.35. The lowest BCUT2D eigenvalue weighted by molar-refractivity contribution is -0.115. The molecule has 1 saturated carbocycles. The summed E-state index contributed by atoms with van der Waals surface area (Å²) in [5.74, 6) is 0.177. The maximum atomic E-state index is 11.7.